The number of fused-ring (bicyclic) bond motifs is 3. The number of amides is 3. The average Bonchev–Trinajstić information content (AvgIpc) is 3.03. The second kappa shape index (κ2) is 9.09. The zero-order chi connectivity index (χ0) is 20.3. The lowest BCUT2D eigenvalue weighted by molar-refractivity contribution is -0.117. The Hall–Kier alpha value is -1.87. The molecule has 3 amide bonds. The van der Waals surface area contributed by atoms with Crippen molar-refractivity contribution in [3.05, 3.63) is 20.8 Å². The van der Waals surface area contributed by atoms with Gasteiger partial charge in [-0.1, -0.05) is 25.6 Å². The summed E-state index contributed by atoms with van der Waals surface area (Å²) in [5.41, 5.74) is 1.18. The summed E-state index contributed by atoms with van der Waals surface area (Å²) in [6.07, 6.45) is 5.08. The van der Waals surface area contributed by atoms with Crippen LogP contribution < -0.4 is 16.2 Å². The Balaban J connectivity index is 1.95. The highest BCUT2D eigenvalue weighted by Gasteiger charge is 2.22. The van der Waals surface area contributed by atoms with E-state index in [0.717, 1.165) is 42.3 Å². The molecule has 0 unspecified atom stereocenters. The number of aryl methyl sites for hydroxylation is 2. The fourth-order valence-corrected chi connectivity index (χ4v) is 5.40. The second-order valence-corrected chi connectivity index (χ2v) is 9.37. The van der Waals surface area contributed by atoms with Crippen LogP contribution in [0, 0.1) is 5.92 Å². The van der Waals surface area contributed by atoms with Crippen LogP contribution >= 0.6 is 23.1 Å². The summed E-state index contributed by atoms with van der Waals surface area (Å²) in [6, 6.07) is -0.544. The molecule has 0 spiro atoms. The van der Waals surface area contributed by atoms with Crippen molar-refractivity contribution in [3.8, 4) is 0 Å². The SMILES string of the molecule is CNC(=O)NC(=O)CSc1nc2sc3c(c2c(=O)n1CCC(C)C)CCCC3. The van der Waals surface area contributed by atoms with Gasteiger partial charge in [0.15, 0.2) is 5.16 Å². The second-order valence-electron chi connectivity index (χ2n) is 7.34. The Kier molecular flexibility index (Phi) is 6.77. The topological polar surface area (TPSA) is 93.1 Å². The van der Waals surface area contributed by atoms with Crippen LogP contribution in [0.1, 0.15) is 43.6 Å². The molecule has 2 heterocycles. The highest BCUT2D eigenvalue weighted by molar-refractivity contribution is 7.99. The van der Waals surface area contributed by atoms with Gasteiger partial charge in [0, 0.05) is 18.5 Å². The first-order valence-electron chi connectivity index (χ1n) is 9.60. The molecule has 9 heteroatoms. The molecule has 0 atom stereocenters. The first kappa shape index (κ1) is 20.9. The molecule has 2 N–H and O–H groups in total. The monoisotopic (exact) mass is 422 g/mol. The van der Waals surface area contributed by atoms with E-state index in [4.69, 9.17) is 4.98 Å². The molecule has 3 rings (SSSR count). The highest BCUT2D eigenvalue weighted by atomic mass is 32.2. The number of rotatable bonds is 6. The van der Waals surface area contributed by atoms with E-state index in [1.807, 2.05) is 0 Å². The van der Waals surface area contributed by atoms with E-state index < -0.39 is 11.9 Å². The van der Waals surface area contributed by atoms with Gasteiger partial charge in [-0.25, -0.2) is 9.78 Å². The van der Waals surface area contributed by atoms with Crippen LogP contribution in [0.5, 0.6) is 0 Å². The number of carbonyl (C=O) groups excluding carboxylic acids is 2. The molecule has 1 aliphatic carbocycles. The largest absolute Gasteiger partial charge is 0.341 e. The molecule has 0 saturated heterocycles. The molecule has 0 aliphatic heterocycles. The maximum Gasteiger partial charge on any atom is 0.321 e. The summed E-state index contributed by atoms with van der Waals surface area (Å²) in [4.78, 5) is 43.4. The van der Waals surface area contributed by atoms with Crippen molar-refractivity contribution in [3.63, 3.8) is 0 Å². The molecule has 2 aromatic rings. The third-order valence-corrected chi connectivity index (χ3v) is 6.94. The Morgan fingerprint density at radius 3 is 2.75 bits per heavy atom. The number of thiophene rings is 1. The molecule has 7 nitrogen and oxygen atoms in total. The van der Waals surface area contributed by atoms with Crippen LogP contribution in [0.15, 0.2) is 9.95 Å². The summed E-state index contributed by atoms with van der Waals surface area (Å²) in [6.45, 7) is 4.81. The zero-order valence-corrected chi connectivity index (χ0v) is 18.1. The van der Waals surface area contributed by atoms with E-state index in [1.165, 1.54) is 29.3 Å². The highest BCUT2D eigenvalue weighted by Crippen LogP contribution is 2.34. The fourth-order valence-electron chi connectivity index (χ4n) is 3.27. The van der Waals surface area contributed by atoms with Crippen LogP contribution in [-0.2, 0) is 24.2 Å². The van der Waals surface area contributed by atoms with Gasteiger partial charge >= 0.3 is 6.03 Å². The van der Waals surface area contributed by atoms with Crippen molar-refractivity contribution in [1.29, 1.82) is 0 Å². The number of thioether (sulfide) groups is 1. The van der Waals surface area contributed by atoms with E-state index in [-0.39, 0.29) is 11.3 Å². The van der Waals surface area contributed by atoms with E-state index >= 15 is 0 Å². The summed E-state index contributed by atoms with van der Waals surface area (Å²) in [5, 5.41) is 5.90. The molecule has 28 heavy (non-hydrogen) atoms. The number of urea groups is 1. The summed E-state index contributed by atoms with van der Waals surface area (Å²) < 4.78 is 1.71. The van der Waals surface area contributed by atoms with Crippen molar-refractivity contribution in [2.75, 3.05) is 12.8 Å². The molecular formula is C19H26N4O3S2. The molecule has 0 bridgehead atoms. The maximum absolute atomic E-state index is 13.3. The lowest BCUT2D eigenvalue weighted by Crippen LogP contribution is -2.38. The number of nitrogens with zero attached hydrogens (tertiary/aromatic N) is 2. The maximum atomic E-state index is 13.3. The van der Waals surface area contributed by atoms with Crippen LogP contribution in [0.3, 0.4) is 0 Å². The van der Waals surface area contributed by atoms with Gasteiger partial charge in [0.05, 0.1) is 11.1 Å². The lowest BCUT2D eigenvalue weighted by Gasteiger charge is -2.14. The van der Waals surface area contributed by atoms with E-state index in [0.29, 0.717) is 17.6 Å². The Morgan fingerprint density at radius 2 is 2.04 bits per heavy atom. The van der Waals surface area contributed by atoms with Gasteiger partial charge in [0.1, 0.15) is 4.83 Å². The predicted octanol–water partition coefficient (Wildman–Crippen LogP) is 2.93. The Morgan fingerprint density at radius 1 is 1.29 bits per heavy atom. The third-order valence-electron chi connectivity index (χ3n) is 4.78. The zero-order valence-electron chi connectivity index (χ0n) is 16.5. The molecule has 0 aromatic carbocycles. The number of nitrogens with one attached hydrogen (secondary N) is 2. The normalized spacial score (nSPS) is 13.6. The van der Waals surface area contributed by atoms with Gasteiger partial charge in [0.2, 0.25) is 5.91 Å². The third kappa shape index (κ3) is 4.57. The van der Waals surface area contributed by atoms with Crippen LogP contribution in [-0.4, -0.2) is 34.3 Å². The smallest absolute Gasteiger partial charge is 0.321 e. The van der Waals surface area contributed by atoms with E-state index in [1.54, 1.807) is 15.9 Å². The van der Waals surface area contributed by atoms with Crippen molar-refractivity contribution in [2.45, 2.75) is 57.7 Å². The predicted molar refractivity (Wildman–Crippen MR) is 113 cm³/mol. The van der Waals surface area contributed by atoms with Gasteiger partial charge in [-0.2, -0.15) is 0 Å². The van der Waals surface area contributed by atoms with E-state index in [2.05, 4.69) is 24.5 Å². The lowest BCUT2D eigenvalue weighted by atomic mass is 9.97. The molecule has 2 aromatic heterocycles. The number of hydrogen-bond acceptors (Lipinski definition) is 6. The number of hydrogen-bond donors (Lipinski definition) is 2. The summed E-state index contributed by atoms with van der Waals surface area (Å²) >= 11 is 2.81. The standard InChI is InChI=1S/C19H26N4O3S2/c1-11(2)8-9-23-17(25)15-12-6-4-5-7-13(12)28-16(15)22-19(23)27-10-14(24)21-18(26)20-3/h11H,4-10H2,1-3H3,(H2,20,21,24,26). The van der Waals surface area contributed by atoms with E-state index in [9.17, 15) is 14.4 Å². The first-order valence-corrected chi connectivity index (χ1v) is 11.4. The number of carbonyl (C=O) groups is 2. The molecule has 0 saturated carbocycles. The van der Waals surface area contributed by atoms with Gasteiger partial charge in [0.25, 0.3) is 5.56 Å². The fraction of sp³-hybridized carbons (Fsp3) is 0.579. The van der Waals surface area contributed by atoms with Gasteiger partial charge in [-0.15, -0.1) is 11.3 Å². The van der Waals surface area contributed by atoms with Crippen LogP contribution in [0.25, 0.3) is 10.2 Å². The molecule has 152 valence electrons. The van der Waals surface area contributed by atoms with Crippen LogP contribution in [0.2, 0.25) is 0 Å². The first-order chi connectivity index (χ1) is 13.4. The molecule has 0 fully saturated rings. The molecule has 0 radical (unpaired) electrons. The van der Waals surface area contributed by atoms with Gasteiger partial charge < -0.3 is 5.32 Å². The Labute approximate surface area is 172 Å². The van der Waals surface area contributed by atoms with Crippen molar-refractivity contribution >= 4 is 45.3 Å². The molecular weight excluding hydrogens is 396 g/mol. The number of aromatic nitrogens is 2. The van der Waals surface area contributed by atoms with Gasteiger partial charge in [-0.05, 0) is 43.6 Å². The average molecular weight is 423 g/mol. The molecule has 1 aliphatic rings. The van der Waals surface area contributed by atoms with Gasteiger partial charge in [-0.3, -0.25) is 19.5 Å². The quantitative estimate of drug-likeness (QED) is 0.551. The minimum absolute atomic E-state index is 0.000686. The minimum atomic E-state index is -0.544. The van der Waals surface area contributed by atoms with Crippen LogP contribution in [0.4, 0.5) is 4.79 Å². The van der Waals surface area contributed by atoms with Crippen molar-refractivity contribution < 1.29 is 9.59 Å². The number of imide groups is 1. The van der Waals surface area contributed by atoms with Crippen molar-refractivity contribution in [2.24, 2.45) is 5.92 Å². The summed E-state index contributed by atoms with van der Waals surface area (Å²) in [5.74, 6) is 0.0611. The summed E-state index contributed by atoms with van der Waals surface area (Å²) in [7, 11) is 1.45. The minimum Gasteiger partial charge on any atom is -0.341 e. The van der Waals surface area contributed by atoms with Crippen molar-refractivity contribution in [1.82, 2.24) is 20.2 Å². The Bertz CT molecular complexity index is 949.